The van der Waals surface area contributed by atoms with E-state index in [-0.39, 0.29) is 10.4 Å². The Kier molecular flexibility index (Phi) is 5.56. The number of nitrogens with zero attached hydrogens (tertiary/aromatic N) is 3. The van der Waals surface area contributed by atoms with E-state index in [0.29, 0.717) is 19.2 Å². The van der Waals surface area contributed by atoms with E-state index in [9.17, 15) is 8.42 Å². The second-order valence-corrected chi connectivity index (χ2v) is 10.6. The number of sulfonamides is 1. The highest BCUT2D eigenvalue weighted by Gasteiger charge is 2.45. The maximum absolute atomic E-state index is 12.8. The van der Waals surface area contributed by atoms with Gasteiger partial charge in [0.05, 0.1) is 12.7 Å². The van der Waals surface area contributed by atoms with Crippen molar-refractivity contribution < 1.29 is 13.2 Å². The molecule has 3 aliphatic heterocycles. The van der Waals surface area contributed by atoms with E-state index >= 15 is 0 Å². The summed E-state index contributed by atoms with van der Waals surface area (Å²) in [5.41, 5.74) is 0.155. The zero-order valence-corrected chi connectivity index (χ0v) is 17.0. The molecule has 0 aromatic carbocycles. The number of likely N-dealkylation sites (tertiary alicyclic amines) is 1. The van der Waals surface area contributed by atoms with Crippen LogP contribution in [-0.2, 0) is 14.8 Å². The molecule has 4 heterocycles. The molecule has 3 fully saturated rings. The van der Waals surface area contributed by atoms with Gasteiger partial charge >= 0.3 is 0 Å². The lowest BCUT2D eigenvalue weighted by Gasteiger charge is -2.37. The van der Waals surface area contributed by atoms with Crippen molar-refractivity contribution in [1.82, 2.24) is 14.2 Å². The molecular weight excluding hydrogens is 362 g/mol. The highest BCUT2D eigenvalue weighted by molar-refractivity contribution is 7.89. The SMILES string of the molecule is C[C@@H]1CCCN(C[C@@H]2CC3(CCN(S(=O)(=O)c4ccccn4)CC3)CO2)C1. The predicted molar refractivity (Wildman–Crippen MR) is 104 cm³/mol. The van der Waals surface area contributed by atoms with Gasteiger partial charge in [0.25, 0.3) is 10.0 Å². The van der Waals surface area contributed by atoms with Crippen LogP contribution >= 0.6 is 0 Å². The molecule has 1 aromatic rings. The third kappa shape index (κ3) is 4.21. The Morgan fingerprint density at radius 2 is 2.07 bits per heavy atom. The predicted octanol–water partition coefficient (Wildman–Crippen LogP) is 2.37. The van der Waals surface area contributed by atoms with Crippen LogP contribution in [0.3, 0.4) is 0 Å². The van der Waals surface area contributed by atoms with E-state index < -0.39 is 10.0 Å². The number of aromatic nitrogens is 1. The molecule has 1 aromatic heterocycles. The molecule has 2 atom stereocenters. The van der Waals surface area contributed by atoms with Crippen molar-refractivity contribution in [3.05, 3.63) is 24.4 Å². The Morgan fingerprint density at radius 1 is 1.26 bits per heavy atom. The number of hydrogen-bond acceptors (Lipinski definition) is 5. The molecule has 3 aliphatic rings. The Hall–Kier alpha value is -1.02. The van der Waals surface area contributed by atoms with E-state index in [1.165, 1.54) is 32.1 Å². The molecule has 1 spiro atoms. The molecule has 3 saturated heterocycles. The molecular formula is C20H31N3O3S. The molecule has 4 rings (SSSR count). The normalized spacial score (nSPS) is 30.0. The number of piperidine rings is 2. The average Bonchev–Trinajstić information content (AvgIpc) is 3.05. The summed E-state index contributed by atoms with van der Waals surface area (Å²) >= 11 is 0. The zero-order chi connectivity index (χ0) is 18.9. The highest BCUT2D eigenvalue weighted by Crippen LogP contribution is 2.43. The lowest BCUT2D eigenvalue weighted by molar-refractivity contribution is 0.0482. The van der Waals surface area contributed by atoms with Crippen molar-refractivity contribution in [2.24, 2.45) is 11.3 Å². The molecule has 0 saturated carbocycles. The van der Waals surface area contributed by atoms with Gasteiger partial charge in [0.15, 0.2) is 5.03 Å². The van der Waals surface area contributed by atoms with Crippen molar-refractivity contribution in [2.75, 3.05) is 39.3 Å². The summed E-state index contributed by atoms with van der Waals surface area (Å²) in [4.78, 5) is 6.59. The smallest absolute Gasteiger partial charge is 0.260 e. The van der Waals surface area contributed by atoms with Gasteiger partial charge in [-0.15, -0.1) is 0 Å². The third-order valence-corrected chi connectivity index (χ3v) is 8.33. The quantitative estimate of drug-likeness (QED) is 0.786. The summed E-state index contributed by atoms with van der Waals surface area (Å²) in [5, 5.41) is 0.153. The monoisotopic (exact) mass is 393 g/mol. The molecule has 0 amide bonds. The van der Waals surface area contributed by atoms with Crippen LogP contribution in [0.15, 0.2) is 29.4 Å². The Bertz CT molecular complexity index is 732. The molecule has 0 N–H and O–H groups in total. The standard InChI is InChI=1S/C20H31N3O3S/c1-17-5-4-10-22(14-17)15-18-13-20(16-26-18)7-11-23(12-8-20)27(24,25)19-6-2-3-9-21-19/h2-3,6,9,17-18H,4-5,7-8,10-16H2,1H3/t17-,18+/m1/s1. The van der Waals surface area contributed by atoms with Crippen molar-refractivity contribution in [2.45, 2.75) is 50.2 Å². The van der Waals surface area contributed by atoms with Gasteiger partial charge in [-0.05, 0) is 62.1 Å². The average molecular weight is 394 g/mol. The Balaban J connectivity index is 1.33. The summed E-state index contributed by atoms with van der Waals surface area (Å²) in [6.07, 6.45) is 7.29. The van der Waals surface area contributed by atoms with Gasteiger partial charge in [-0.3, -0.25) is 0 Å². The van der Waals surface area contributed by atoms with E-state index in [4.69, 9.17) is 4.74 Å². The summed E-state index contributed by atoms with van der Waals surface area (Å²) in [5.74, 6) is 0.786. The van der Waals surface area contributed by atoms with Gasteiger partial charge < -0.3 is 9.64 Å². The van der Waals surface area contributed by atoms with Crippen LogP contribution in [0.2, 0.25) is 0 Å². The fraction of sp³-hybridized carbons (Fsp3) is 0.750. The summed E-state index contributed by atoms with van der Waals surface area (Å²) in [6, 6.07) is 5.04. The second-order valence-electron chi connectivity index (χ2n) is 8.72. The van der Waals surface area contributed by atoms with Gasteiger partial charge in [0, 0.05) is 32.4 Å². The first-order valence-electron chi connectivity index (χ1n) is 10.2. The number of pyridine rings is 1. The third-order valence-electron chi connectivity index (χ3n) is 6.51. The summed E-state index contributed by atoms with van der Waals surface area (Å²) in [6.45, 7) is 7.64. The summed E-state index contributed by atoms with van der Waals surface area (Å²) in [7, 11) is -3.48. The molecule has 0 unspecified atom stereocenters. The van der Waals surface area contributed by atoms with Crippen molar-refractivity contribution >= 4 is 10.0 Å². The van der Waals surface area contributed by atoms with Crippen LogP contribution in [0, 0.1) is 11.3 Å². The minimum absolute atomic E-state index is 0.153. The van der Waals surface area contributed by atoms with E-state index in [0.717, 1.165) is 38.3 Å². The van der Waals surface area contributed by atoms with Gasteiger partial charge in [0.1, 0.15) is 0 Å². The first-order chi connectivity index (χ1) is 13.0. The number of rotatable bonds is 4. The maximum Gasteiger partial charge on any atom is 0.260 e. The van der Waals surface area contributed by atoms with Crippen molar-refractivity contribution in [3.63, 3.8) is 0 Å². The lowest BCUT2D eigenvalue weighted by Crippen LogP contribution is -2.44. The topological polar surface area (TPSA) is 62.7 Å². The largest absolute Gasteiger partial charge is 0.376 e. The van der Waals surface area contributed by atoms with Crippen LogP contribution < -0.4 is 0 Å². The van der Waals surface area contributed by atoms with Crippen LogP contribution in [0.4, 0.5) is 0 Å². The fourth-order valence-electron chi connectivity index (χ4n) is 4.93. The molecule has 150 valence electrons. The first-order valence-corrected chi connectivity index (χ1v) is 11.7. The van der Waals surface area contributed by atoms with Gasteiger partial charge in [-0.2, -0.15) is 4.31 Å². The van der Waals surface area contributed by atoms with Crippen LogP contribution in [-0.4, -0.2) is 68.0 Å². The Labute approximate surface area is 163 Å². The van der Waals surface area contributed by atoms with Crippen LogP contribution in [0.25, 0.3) is 0 Å². The van der Waals surface area contributed by atoms with Gasteiger partial charge in [-0.1, -0.05) is 13.0 Å². The molecule has 7 heteroatoms. The zero-order valence-electron chi connectivity index (χ0n) is 16.2. The lowest BCUT2D eigenvalue weighted by atomic mass is 9.77. The molecule has 0 aliphatic carbocycles. The Morgan fingerprint density at radius 3 is 2.78 bits per heavy atom. The number of ether oxygens (including phenoxy) is 1. The van der Waals surface area contributed by atoms with Crippen molar-refractivity contribution in [1.29, 1.82) is 0 Å². The molecule has 27 heavy (non-hydrogen) atoms. The van der Waals surface area contributed by atoms with Crippen LogP contribution in [0.5, 0.6) is 0 Å². The van der Waals surface area contributed by atoms with E-state index in [2.05, 4.69) is 16.8 Å². The maximum atomic E-state index is 12.8. The summed E-state index contributed by atoms with van der Waals surface area (Å²) < 4.78 is 33.3. The van der Waals surface area contributed by atoms with E-state index in [1.54, 1.807) is 22.5 Å². The number of hydrogen-bond donors (Lipinski definition) is 0. The van der Waals surface area contributed by atoms with E-state index in [1.807, 2.05) is 0 Å². The van der Waals surface area contributed by atoms with Crippen molar-refractivity contribution in [3.8, 4) is 0 Å². The fourth-order valence-corrected chi connectivity index (χ4v) is 6.31. The second kappa shape index (κ2) is 7.78. The van der Waals surface area contributed by atoms with Gasteiger partial charge in [-0.25, -0.2) is 13.4 Å². The highest BCUT2D eigenvalue weighted by atomic mass is 32.2. The molecule has 0 radical (unpaired) electrons. The van der Waals surface area contributed by atoms with Crippen LogP contribution in [0.1, 0.15) is 39.0 Å². The minimum Gasteiger partial charge on any atom is -0.376 e. The van der Waals surface area contributed by atoms with Gasteiger partial charge in [0.2, 0.25) is 0 Å². The first kappa shape index (κ1) is 19.3. The molecule has 6 nitrogen and oxygen atoms in total. The molecule has 0 bridgehead atoms. The minimum atomic E-state index is -3.48.